The molecule has 0 amide bonds. The number of benzene rings is 1. The van der Waals surface area contributed by atoms with E-state index in [-0.39, 0.29) is 22.9 Å². The fraction of sp³-hybridized carbons (Fsp3) is 0.286. The number of carbonyl (C=O) groups is 1. The fourth-order valence-corrected chi connectivity index (χ4v) is 1.45. The number of hydrogen-bond acceptors (Lipinski definition) is 4. The van der Waals surface area contributed by atoms with Gasteiger partial charge in [0.2, 0.25) is 0 Å². The van der Waals surface area contributed by atoms with E-state index in [2.05, 4.69) is 4.99 Å². The molecule has 18 heavy (non-hydrogen) atoms. The van der Waals surface area contributed by atoms with Gasteiger partial charge < -0.3 is 10.2 Å². The number of rotatable bonds is 5. The van der Waals surface area contributed by atoms with Crippen molar-refractivity contribution in [1.82, 2.24) is 0 Å². The zero-order valence-corrected chi connectivity index (χ0v) is 10.6. The Kier molecular flexibility index (Phi) is 5.11. The van der Waals surface area contributed by atoms with E-state index in [4.69, 9.17) is 5.11 Å². The quantitative estimate of drug-likeness (QED) is 0.477. The minimum atomic E-state index is -0.205. The second-order valence-corrected chi connectivity index (χ2v) is 4.01. The smallest absolute Gasteiger partial charge is 0.164 e. The molecule has 2 N–H and O–H groups in total. The first kappa shape index (κ1) is 14.0. The molecule has 1 rings (SSSR count). The van der Waals surface area contributed by atoms with Crippen LogP contribution in [0.2, 0.25) is 0 Å². The van der Waals surface area contributed by atoms with Crippen molar-refractivity contribution in [3.05, 3.63) is 41.2 Å². The summed E-state index contributed by atoms with van der Waals surface area (Å²) in [5.41, 5.74) is 1.29. The third-order valence-electron chi connectivity index (χ3n) is 2.46. The molecule has 0 aromatic heterocycles. The molecule has 0 atom stereocenters. The Morgan fingerprint density at radius 2 is 1.89 bits per heavy atom. The van der Waals surface area contributed by atoms with Crippen LogP contribution in [0.3, 0.4) is 0 Å². The van der Waals surface area contributed by atoms with E-state index in [0.717, 1.165) is 5.56 Å². The van der Waals surface area contributed by atoms with Gasteiger partial charge >= 0.3 is 0 Å². The van der Waals surface area contributed by atoms with Crippen LogP contribution in [0.5, 0.6) is 5.75 Å². The number of hydrogen-bond donors (Lipinski definition) is 2. The molecule has 4 heteroatoms. The Labute approximate surface area is 106 Å². The van der Waals surface area contributed by atoms with Gasteiger partial charge in [0.1, 0.15) is 11.5 Å². The summed E-state index contributed by atoms with van der Waals surface area (Å²) in [5.74, 6) is 0.0132. The maximum atomic E-state index is 11.2. The van der Waals surface area contributed by atoms with Gasteiger partial charge in [-0.25, -0.2) is 0 Å². The summed E-state index contributed by atoms with van der Waals surface area (Å²) >= 11 is 0. The van der Waals surface area contributed by atoms with Crippen molar-refractivity contribution < 1.29 is 15.0 Å². The molecule has 0 unspecified atom stereocenters. The fourth-order valence-electron chi connectivity index (χ4n) is 1.45. The lowest BCUT2D eigenvalue weighted by molar-refractivity contribution is -0.113. The van der Waals surface area contributed by atoms with Gasteiger partial charge in [0.15, 0.2) is 5.78 Å². The van der Waals surface area contributed by atoms with E-state index in [9.17, 15) is 9.90 Å². The van der Waals surface area contributed by atoms with Crippen molar-refractivity contribution in [2.45, 2.75) is 20.3 Å². The number of ketones is 1. The molecule has 0 radical (unpaired) electrons. The van der Waals surface area contributed by atoms with Gasteiger partial charge in [-0.2, -0.15) is 0 Å². The predicted molar refractivity (Wildman–Crippen MR) is 71.2 cm³/mol. The van der Waals surface area contributed by atoms with E-state index in [1.807, 2.05) is 12.1 Å². The van der Waals surface area contributed by atoms with Crippen LogP contribution in [0.4, 0.5) is 0 Å². The molecule has 1 aromatic carbocycles. The summed E-state index contributed by atoms with van der Waals surface area (Å²) in [6.07, 6.45) is 2.12. The minimum Gasteiger partial charge on any atom is -0.512 e. The molecule has 0 aliphatic heterocycles. The second-order valence-electron chi connectivity index (χ2n) is 4.01. The number of aromatic hydroxyl groups is 1. The first-order valence-electron chi connectivity index (χ1n) is 5.69. The number of aliphatic imine (C=N–C) groups is 1. The van der Waals surface area contributed by atoms with Crippen molar-refractivity contribution in [3.63, 3.8) is 0 Å². The Hall–Kier alpha value is -2.10. The van der Waals surface area contributed by atoms with Gasteiger partial charge in [0.25, 0.3) is 0 Å². The number of allylic oxidation sites excluding steroid dienone is 2. The SMILES string of the molecule is CC(=O)/C(C=NCCc1ccc(O)cc1)=C(/C)O. The molecular weight excluding hydrogens is 230 g/mol. The molecule has 96 valence electrons. The molecule has 0 saturated heterocycles. The Bertz CT molecular complexity index is 468. The lowest BCUT2D eigenvalue weighted by Crippen LogP contribution is -2.02. The maximum absolute atomic E-state index is 11.2. The highest BCUT2D eigenvalue weighted by atomic mass is 16.3. The number of aliphatic hydroxyl groups excluding tert-OH is 1. The molecule has 0 saturated carbocycles. The van der Waals surface area contributed by atoms with Crippen LogP contribution in [0.15, 0.2) is 40.6 Å². The van der Waals surface area contributed by atoms with Crippen LogP contribution in [-0.4, -0.2) is 28.8 Å². The summed E-state index contributed by atoms with van der Waals surface area (Å²) in [5, 5.41) is 18.4. The Morgan fingerprint density at radius 3 is 2.39 bits per heavy atom. The predicted octanol–water partition coefficient (Wildman–Crippen LogP) is 2.43. The van der Waals surface area contributed by atoms with E-state index in [0.29, 0.717) is 13.0 Å². The van der Waals surface area contributed by atoms with E-state index in [1.165, 1.54) is 20.1 Å². The summed E-state index contributed by atoms with van der Waals surface area (Å²) in [6.45, 7) is 3.37. The van der Waals surface area contributed by atoms with Gasteiger partial charge in [0, 0.05) is 12.8 Å². The highest BCUT2D eigenvalue weighted by Gasteiger charge is 2.03. The lowest BCUT2D eigenvalue weighted by atomic mass is 10.1. The van der Waals surface area contributed by atoms with Crippen LogP contribution < -0.4 is 0 Å². The summed E-state index contributed by atoms with van der Waals surface area (Å²) < 4.78 is 0. The van der Waals surface area contributed by atoms with Crippen LogP contribution in [0.25, 0.3) is 0 Å². The second kappa shape index (κ2) is 6.59. The highest BCUT2D eigenvalue weighted by Crippen LogP contribution is 2.10. The Morgan fingerprint density at radius 1 is 1.28 bits per heavy atom. The summed E-state index contributed by atoms with van der Waals surface area (Å²) in [7, 11) is 0. The van der Waals surface area contributed by atoms with Crippen LogP contribution in [-0.2, 0) is 11.2 Å². The lowest BCUT2D eigenvalue weighted by Gasteiger charge is -2.00. The van der Waals surface area contributed by atoms with Gasteiger partial charge in [-0.15, -0.1) is 0 Å². The highest BCUT2D eigenvalue weighted by molar-refractivity contribution is 6.12. The number of phenols is 1. The van der Waals surface area contributed by atoms with Crippen molar-refractivity contribution in [1.29, 1.82) is 0 Å². The van der Waals surface area contributed by atoms with Gasteiger partial charge in [-0.1, -0.05) is 12.1 Å². The first-order chi connectivity index (χ1) is 8.50. The molecule has 0 spiro atoms. The molecular formula is C14H17NO3. The summed E-state index contributed by atoms with van der Waals surface area (Å²) in [4.78, 5) is 15.3. The third kappa shape index (κ3) is 4.41. The average Bonchev–Trinajstić information content (AvgIpc) is 2.30. The normalized spacial score (nSPS) is 12.6. The van der Waals surface area contributed by atoms with Crippen LogP contribution in [0, 0.1) is 0 Å². The average molecular weight is 247 g/mol. The number of nitrogens with zero attached hydrogens (tertiary/aromatic N) is 1. The van der Waals surface area contributed by atoms with Crippen LogP contribution in [0.1, 0.15) is 19.4 Å². The van der Waals surface area contributed by atoms with Gasteiger partial charge in [0.05, 0.1) is 5.57 Å². The van der Waals surface area contributed by atoms with Crippen LogP contribution >= 0.6 is 0 Å². The number of phenolic OH excluding ortho intramolecular Hbond substituents is 1. The maximum Gasteiger partial charge on any atom is 0.164 e. The third-order valence-corrected chi connectivity index (χ3v) is 2.46. The van der Waals surface area contributed by atoms with E-state index >= 15 is 0 Å². The molecule has 0 aliphatic carbocycles. The van der Waals surface area contributed by atoms with Crippen molar-refractivity contribution in [2.75, 3.05) is 6.54 Å². The number of aliphatic hydroxyl groups is 1. The molecule has 0 bridgehead atoms. The zero-order chi connectivity index (χ0) is 13.5. The minimum absolute atomic E-state index is 0.0177. The molecule has 0 fully saturated rings. The molecule has 0 heterocycles. The number of Topliss-reactive ketones (excluding diaryl/α,β-unsaturated/α-hetero) is 1. The zero-order valence-electron chi connectivity index (χ0n) is 10.6. The molecule has 1 aromatic rings. The van der Waals surface area contributed by atoms with E-state index < -0.39 is 0 Å². The van der Waals surface area contributed by atoms with E-state index in [1.54, 1.807) is 12.1 Å². The Balaban J connectivity index is 2.53. The van der Waals surface area contributed by atoms with Crippen molar-refractivity contribution in [3.8, 4) is 5.75 Å². The first-order valence-corrected chi connectivity index (χ1v) is 5.69. The standard InChI is InChI=1S/C14H17NO3/c1-10(16)14(11(2)17)9-15-8-7-12-3-5-13(18)6-4-12/h3-6,9,16,18H,7-8H2,1-2H3/b14-10-,15-9?. The van der Waals surface area contributed by atoms with Crippen molar-refractivity contribution >= 4 is 12.0 Å². The monoisotopic (exact) mass is 247 g/mol. The van der Waals surface area contributed by atoms with Gasteiger partial charge in [-0.3, -0.25) is 9.79 Å². The largest absolute Gasteiger partial charge is 0.512 e. The van der Waals surface area contributed by atoms with Gasteiger partial charge in [-0.05, 0) is 38.0 Å². The number of carbonyl (C=O) groups excluding carboxylic acids is 1. The topological polar surface area (TPSA) is 69.9 Å². The molecule has 4 nitrogen and oxygen atoms in total. The van der Waals surface area contributed by atoms with Crippen molar-refractivity contribution in [2.24, 2.45) is 4.99 Å². The molecule has 0 aliphatic rings. The summed E-state index contributed by atoms with van der Waals surface area (Å²) in [6, 6.07) is 6.89.